The maximum absolute atomic E-state index is 13.9. The van der Waals surface area contributed by atoms with Gasteiger partial charge in [-0.3, -0.25) is 9.09 Å². The third-order valence-corrected chi connectivity index (χ3v) is 9.55. The molecule has 1 aromatic rings. The lowest BCUT2D eigenvalue weighted by molar-refractivity contribution is 0.0866. The second kappa shape index (κ2) is 11.1. The van der Waals surface area contributed by atoms with Gasteiger partial charge < -0.3 is 19.5 Å². The van der Waals surface area contributed by atoms with Crippen molar-refractivity contribution in [2.24, 2.45) is 0 Å². The van der Waals surface area contributed by atoms with E-state index in [1.807, 2.05) is 12.1 Å². The summed E-state index contributed by atoms with van der Waals surface area (Å²) in [5.41, 5.74) is 2.16. The van der Waals surface area contributed by atoms with Crippen LogP contribution in [0.4, 0.5) is 0 Å². The molecule has 11 heteroatoms. The molecule has 1 spiro atoms. The van der Waals surface area contributed by atoms with Crippen LogP contribution in [0.1, 0.15) is 24.0 Å². The fourth-order valence-electron chi connectivity index (χ4n) is 5.29. The molecular weight excluding hydrogens is 500 g/mol. The van der Waals surface area contributed by atoms with E-state index in [1.165, 1.54) is 11.1 Å². The average Bonchev–Trinajstić information content (AvgIpc) is 3.08. The third kappa shape index (κ3) is 4.89. The largest absolute Gasteiger partial charge is 0.493 e. The Hall–Kier alpha value is -0.830. The number of hydrogen-bond donors (Lipinski definition) is 2. The Morgan fingerprint density at radius 1 is 1.35 bits per heavy atom. The molecule has 8 nitrogen and oxygen atoms in total. The summed E-state index contributed by atoms with van der Waals surface area (Å²) in [7, 11) is 0.289. The van der Waals surface area contributed by atoms with Crippen molar-refractivity contribution in [2.45, 2.75) is 37.0 Å². The lowest BCUT2D eigenvalue weighted by atomic mass is 9.69. The Labute approximate surface area is 211 Å². The third-order valence-electron chi connectivity index (χ3n) is 6.89. The number of hydrogen-bond acceptors (Lipinski definition) is 6. The van der Waals surface area contributed by atoms with Gasteiger partial charge in [-0.2, -0.15) is 0 Å². The smallest absolute Gasteiger partial charge is 0.344 e. The van der Waals surface area contributed by atoms with Gasteiger partial charge in [0.25, 0.3) is 0 Å². The number of ether oxygens (including phenoxy) is 2. The van der Waals surface area contributed by atoms with Crippen LogP contribution in [-0.2, 0) is 21.0 Å². The second-order valence-corrected chi connectivity index (χ2v) is 11.9. The molecule has 1 aliphatic carbocycles. The van der Waals surface area contributed by atoms with Crippen LogP contribution in [0.2, 0.25) is 0 Å². The van der Waals surface area contributed by atoms with Crippen LogP contribution in [0.5, 0.6) is 11.5 Å². The molecule has 0 radical (unpaired) electrons. The predicted molar refractivity (Wildman–Crippen MR) is 134 cm³/mol. The number of nitrogens with zero attached hydrogens (tertiary/aromatic N) is 2. The average molecular weight is 534 g/mol. The molecule has 4 rings (SSSR count). The van der Waals surface area contributed by atoms with Crippen molar-refractivity contribution in [1.82, 2.24) is 14.7 Å². The quantitative estimate of drug-likeness (QED) is 0.254. The first-order chi connectivity index (χ1) is 16.4. The summed E-state index contributed by atoms with van der Waals surface area (Å²) in [6.45, 7) is 2.46. The number of nitrogens with one attached hydrogen (secondary N) is 1. The highest BCUT2D eigenvalue weighted by atomic mass is 35.5. The van der Waals surface area contributed by atoms with E-state index >= 15 is 0 Å². The Morgan fingerprint density at radius 2 is 2.12 bits per heavy atom. The van der Waals surface area contributed by atoms with E-state index in [9.17, 15) is 9.67 Å². The topological polar surface area (TPSA) is 83.5 Å². The van der Waals surface area contributed by atoms with Gasteiger partial charge in [0.2, 0.25) is 0 Å². The first-order valence-electron chi connectivity index (χ1n) is 11.7. The predicted octanol–water partition coefficient (Wildman–Crippen LogP) is 3.34. The highest BCUT2D eigenvalue weighted by Crippen LogP contribution is 2.57. The second-order valence-electron chi connectivity index (χ2n) is 8.99. The van der Waals surface area contributed by atoms with Crippen molar-refractivity contribution < 1.29 is 23.7 Å². The normalized spacial score (nSPS) is 27.6. The zero-order chi connectivity index (χ0) is 24.3. The van der Waals surface area contributed by atoms with Gasteiger partial charge in [0.05, 0.1) is 25.2 Å². The van der Waals surface area contributed by atoms with Gasteiger partial charge in [0.1, 0.15) is 6.10 Å². The van der Waals surface area contributed by atoms with Gasteiger partial charge in [-0.1, -0.05) is 18.2 Å². The van der Waals surface area contributed by atoms with E-state index in [0.29, 0.717) is 19.5 Å². The van der Waals surface area contributed by atoms with Crippen LogP contribution in [0, 0.1) is 0 Å². The Kier molecular flexibility index (Phi) is 8.53. The number of alkyl halides is 2. The standard InChI is InChI=1S/C23H34Cl2N3O5P/c1-27-11-7-23-6-5-18(33-34(30,26-10-14-29)28(12-8-24)13-9-25)15-20(23)32-22-19(31-2)4-3-17(16-27)21(22)23/h3-6,18,20,29H,7-16H2,1-2H3,(H,26,30)/t18-,20-,23-,34?/m0/s1. The Morgan fingerprint density at radius 3 is 2.79 bits per heavy atom. The minimum absolute atomic E-state index is 0.136. The highest BCUT2D eigenvalue weighted by molar-refractivity contribution is 7.54. The summed E-state index contributed by atoms with van der Waals surface area (Å²) in [6.07, 6.45) is 5.04. The molecule has 0 saturated heterocycles. The summed E-state index contributed by atoms with van der Waals surface area (Å²) in [6, 6.07) is 4.10. The monoisotopic (exact) mass is 533 g/mol. The maximum Gasteiger partial charge on any atom is 0.344 e. The Balaban J connectivity index is 1.65. The fourth-order valence-corrected chi connectivity index (χ4v) is 7.98. The van der Waals surface area contributed by atoms with Crippen LogP contribution in [0.25, 0.3) is 0 Å². The van der Waals surface area contributed by atoms with E-state index in [4.69, 9.17) is 37.2 Å². The van der Waals surface area contributed by atoms with Crippen LogP contribution in [0.15, 0.2) is 24.3 Å². The minimum atomic E-state index is -3.50. The number of halogens is 2. The van der Waals surface area contributed by atoms with Crippen LogP contribution in [-0.4, -0.2) is 85.6 Å². The molecular formula is C23H34Cl2N3O5P. The molecule has 34 heavy (non-hydrogen) atoms. The SMILES string of the molecule is COc1ccc2c3c1O[C@H]1C[C@@H](OP(=O)(NCCO)N(CCCl)CCCl)C=C[C@@]31CCN(C)C2. The van der Waals surface area contributed by atoms with Gasteiger partial charge >= 0.3 is 7.67 Å². The van der Waals surface area contributed by atoms with Crippen molar-refractivity contribution in [3.63, 3.8) is 0 Å². The van der Waals surface area contributed by atoms with Crippen LogP contribution in [0.3, 0.4) is 0 Å². The van der Waals surface area contributed by atoms with E-state index in [1.54, 1.807) is 11.8 Å². The van der Waals surface area contributed by atoms with E-state index in [2.05, 4.69) is 29.2 Å². The molecule has 0 amide bonds. The van der Waals surface area contributed by atoms with Gasteiger partial charge in [-0.25, -0.2) is 9.76 Å². The highest BCUT2D eigenvalue weighted by Gasteiger charge is 2.53. The van der Waals surface area contributed by atoms with Crippen LogP contribution < -0.4 is 14.6 Å². The molecule has 1 unspecified atom stereocenters. The van der Waals surface area contributed by atoms with Gasteiger partial charge in [-0.05, 0) is 31.6 Å². The molecule has 2 N–H and O–H groups in total. The van der Waals surface area contributed by atoms with E-state index in [-0.39, 0.29) is 36.4 Å². The van der Waals surface area contributed by atoms with Crippen LogP contribution >= 0.6 is 30.9 Å². The molecule has 3 aliphatic rings. The summed E-state index contributed by atoms with van der Waals surface area (Å²) in [4.78, 5) is 2.33. The summed E-state index contributed by atoms with van der Waals surface area (Å²) < 4.78 is 34.0. The van der Waals surface area contributed by atoms with Gasteiger partial charge in [0.15, 0.2) is 11.5 Å². The molecule has 190 valence electrons. The zero-order valence-corrected chi connectivity index (χ0v) is 22.1. The minimum Gasteiger partial charge on any atom is -0.493 e. The number of methoxy groups -OCH3 is 1. The first kappa shape index (κ1) is 26.2. The number of benzene rings is 1. The molecule has 2 heterocycles. The number of aliphatic hydroxyl groups excluding tert-OH is 1. The summed E-state index contributed by atoms with van der Waals surface area (Å²) in [5.74, 6) is 2.10. The fraction of sp³-hybridized carbons (Fsp3) is 0.652. The molecule has 4 atom stereocenters. The van der Waals surface area contributed by atoms with Crippen molar-refractivity contribution in [3.05, 3.63) is 35.4 Å². The lowest BCUT2D eigenvalue weighted by Gasteiger charge is -2.39. The number of rotatable bonds is 11. The molecule has 2 aliphatic heterocycles. The Bertz CT molecular complexity index is 945. The van der Waals surface area contributed by atoms with Gasteiger partial charge in [-0.15, -0.1) is 23.2 Å². The van der Waals surface area contributed by atoms with E-state index < -0.39 is 13.8 Å². The van der Waals surface area contributed by atoms with Crippen molar-refractivity contribution in [2.75, 3.05) is 58.7 Å². The molecule has 0 aromatic heterocycles. The summed E-state index contributed by atoms with van der Waals surface area (Å²) >= 11 is 11.9. The molecule has 0 bridgehead atoms. The zero-order valence-electron chi connectivity index (χ0n) is 19.7. The first-order valence-corrected chi connectivity index (χ1v) is 14.3. The van der Waals surface area contributed by atoms with E-state index in [0.717, 1.165) is 31.0 Å². The molecule has 0 saturated carbocycles. The van der Waals surface area contributed by atoms with Crippen molar-refractivity contribution in [1.29, 1.82) is 0 Å². The number of aliphatic hydroxyl groups is 1. The van der Waals surface area contributed by atoms with Gasteiger partial charge in [0, 0.05) is 49.9 Å². The molecule has 1 aromatic carbocycles. The van der Waals surface area contributed by atoms with Crippen molar-refractivity contribution in [3.8, 4) is 11.5 Å². The van der Waals surface area contributed by atoms with Crippen molar-refractivity contribution >= 4 is 30.9 Å². The summed E-state index contributed by atoms with van der Waals surface area (Å²) in [5, 5.41) is 12.2. The lowest BCUT2D eigenvalue weighted by Crippen LogP contribution is -2.44. The maximum atomic E-state index is 13.9. The molecule has 0 fully saturated rings.